The number of benzene rings is 2. The third kappa shape index (κ3) is 6.98. The van der Waals surface area contributed by atoms with Gasteiger partial charge in [-0.15, -0.1) is 0 Å². The van der Waals surface area contributed by atoms with Gasteiger partial charge in [-0.1, -0.05) is 63.7 Å². The zero-order valence-corrected chi connectivity index (χ0v) is 20.2. The predicted octanol–water partition coefficient (Wildman–Crippen LogP) is 5.99. The summed E-state index contributed by atoms with van der Waals surface area (Å²) < 4.78 is 11.3. The summed E-state index contributed by atoms with van der Waals surface area (Å²) in [5, 5.41) is 1.63. The van der Waals surface area contributed by atoms with Gasteiger partial charge < -0.3 is 9.47 Å². The van der Waals surface area contributed by atoms with E-state index in [0.717, 1.165) is 22.2 Å². The third-order valence-electron chi connectivity index (χ3n) is 3.43. The van der Waals surface area contributed by atoms with Crippen LogP contribution in [0.3, 0.4) is 0 Å². The Morgan fingerprint density at radius 1 is 0.731 bits per heavy atom. The molecule has 2 unspecified atom stereocenters. The summed E-state index contributed by atoms with van der Waals surface area (Å²) in [4.78, 5) is 13.1. The standard InChI is InChI=1S/C19H18Br4O3/c20-9-15(22)11-25-17-5-1-13(2-6-17)19(24)14-3-7-18(8-4-14)26-12-16(23)10-21/h1-8,15-16H,9-12H2. The first kappa shape index (κ1) is 21.9. The van der Waals surface area contributed by atoms with Crippen molar-refractivity contribution >= 4 is 69.5 Å². The molecule has 0 amide bonds. The first-order chi connectivity index (χ1) is 12.5. The number of hydrogen-bond donors (Lipinski definition) is 0. The van der Waals surface area contributed by atoms with E-state index in [-0.39, 0.29) is 15.4 Å². The molecule has 0 aliphatic heterocycles. The maximum Gasteiger partial charge on any atom is 0.193 e. The van der Waals surface area contributed by atoms with Crippen LogP contribution < -0.4 is 9.47 Å². The number of ketones is 1. The van der Waals surface area contributed by atoms with Gasteiger partial charge in [0.2, 0.25) is 0 Å². The van der Waals surface area contributed by atoms with Gasteiger partial charge >= 0.3 is 0 Å². The molecule has 0 N–H and O–H groups in total. The number of alkyl halides is 4. The Balaban J connectivity index is 1.95. The lowest BCUT2D eigenvalue weighted by Crippen LogP contribution is -2.12. The van der Waals surface area contributed by atoms with Crippen molar-refractivity contribution in [3.05, 3.63) is 59.7 Å². The molecular formula is C19H18Br4O3. The van der Waals surface area contributed by atoms with Crippen molar-refractivity contribution in [2.45, 2.75) is 9.65 Å². The zero-order valence-electron chi connectivity index (χ0n) is 13.8. The molecule has 0 saturated heterocycles. The van der Waals surface area contributed by atoms with E-state index in [1.807, 2.05) is 24.3 Å². The monoisotopic (exact) mass is 610 g/mol. The van der Waals surface area contributed by atoms with Crippen molar-refractivity contribution in [2.24, 2.45) is 0 Å². The van der Waals surface area contributed by atoms with Gasteiger partial charge in [0.05, 0.1) is 9.65 Å². The highest BCUT2D eigenvalue weighted by Crippen LogP contribution is 2.19. The summed E-state index contributed by atoms with van der Waals surface area (Å²) in [5.74, 6) is 1.46. The molecule has 0 heterocycles. The van der Waals surface area contributed by atoms with Crippen LogP contribution in [0.1, 0.15) is 15.9 Å². The molecule has 140 valence electrons. The summed E-state index contributed by atoms with van der Waals surface area (Å²) in [6, 6.07) is 14.4. The SMILES string of the molecule is O=C(c1ccc(OCC(Br)CBr)cc1)c1ccc(OCC(Br)CBr)cc1. The first-order valence-electron chi connectivity index (χ1n) is 7.94. The summed E-state index contributed by atoms with van der Waals surface area (Å²) in [7, 11) is 0. The molecular weight excluding hydrogens is 596 g/mol. The molecule has 2 rings (SSSR count). The molecule has 3 nitrogen and oxygen atoms in total. The minimum absolute atomic E-state index is 0.0271. The van der Waals surface area contributed by atoms with E-state index >= 15 is 0 Å². The molecule has 0 spiro atoms. The van der Waals surface area contributed by atoms with Gasteiger partial charge in [-0.2, -0.15) is 0 Å². The summed E-state index contributed by atoms with van der Waals surface area (Å²) in [6.45, 7) is 1.12. The van der Waals surface area contributed by atoms with Crippen LogP contribution in [0.2, 0.25) is 0 Å². The number of rotatable bonds is 10. The van der Waals surface area contributed by atoms with Crippen LogP contribution in [-0.2, 0) is 0 Å². The molecule has 0 aliphatic carbocycles. The minimum atomic E-state index is -0.0271. The van der Waals surface area contributed by atoms with Crippen molar-refractivity contribution < 1.29 is 14.3 Å². The normalized spacial score (nSPS) is 13.1. The van der Waals surface area contributed by atoms with Crippen molar-refractivity contribution in [1.29, 1.82) is 0 Å². The zero-order chi connectivity index (χ0) is 18.9. The van der Waals surface area contributed by atoms with Crippen LogP contribution in [0.25, 0.3) is 0 Å². The average molecular weight is 614 g/mol. The molecule has 26 heavy (non-hydrogen) atoms. The molecule has 2 atom stereocenters. The smallest absolute Gasteiger partial charge is 0.193 e. The van der Waals surface area contributed by atoms with E-state index in [4.69, 9.17) is 9.47 Å². The summed E-state index contributed by atoms with van der Waals surface area (Å²) >= 11 is 13.8. The lowest BCUT2D eigenvalue weighted by atomic mass is 10.0. The van der Waals surface area contributed by atoms with Crippen LogP contribution in [0, 0.1) is 0 Å². The maximum atomic E-state index is 12.6. The molecule has 0 saturated carbocycles. The average Bonchev–Trinajstić information content (AvgIpc) is 2.70. The minimum Gasteiger partial charge on any atom is -0.492 e. The summed E-state index contributed by atoms with van der Waals surface area (Å²) in [6.07, 6.45) is 0. The highest BCUT2D eigenvalue weighted by molar-refractivity contribution is 9.12. The predicted molar refractivity (Wildman–Crippen MR) is 120 cm³/mol. The lowest BCUT2D eigenvalue weighted by Gasteiger charge is -2.10. The fraction of sp³-hybridized carbons (Fsp3) is 0.316. The van der Waals surface area contributed by atoms with Gasteiger partial charge in [0.25, 0.3) is 0 Å². The Labute approximate surface area is 187 Å². The largest absolute Gasteiger partial charge is 0.492 e. The first-order valence-corrected chi connectivity index (χ1v) is 12.0. The molecule has 0 aliphatic rings. The topological polar surface area (TPSA) is 35.5 Å². The Bertz CT molecular complexity index is 629. The van der Waals surface area contributed by atoms with Gasteiger partial charge in [-0.05, 0) is 48.5 Å². The van der Waals surface area contributed by atoms with E-state index in [2.05, 4.69) is 63.7 Å². The van der Waals surface area contributed by atoms with Gasteiger partial charge in [-0.25, -0.2) is 0 Å². The van der Waals surface area contributed by atoms with E-state index in [1.165, 1.54) is 0 Å². The highest BCUT2D eigenvalue weighted by Gasteiger charge is 2.10. The number of ether oxygens (including phenoxy) is 2. The van der Waals surface area contributed by atoms with Crippen molar-refractivity contribution in [2.75, 3.05) is 23.9 Å². The molecule has 0 bridgehead atoms. The van der Waals surface area contributed by atoms with E-state index in [0.29, 0.717) is 24.3 Å². The number of carbonyl (C=O) groups is 1. The molecule has 0 radical (unpaired) electrons. The second-order valence-corrected chi connectivity index (χ2v) is 9.39. The lowest BCUT2D eigenvalue weighted by molar-refractivity contribution is 0.103. The maximum absolute atomic E-state index is 12.6. The van der Waals surface area contributed by atoms with Gasteiger partial charge in [0.15, 0.2) is 5.78 Å². The van der Waals surface area contributed by atoms with Crippen molar-refractivity contribution in [3.8, 4) is 11.5 Å². The third-order valence-corrected chi connectivity index (χ3v) is 7.91. The van der Waals surface area contributed by atoms with Gasteiger partial charge in [0, 0.05) is 21.8 Å². The molecule has 2 aromatic rings. The number of halogens is 4. The van der Waals surface area contributed by atoms with Crippen LogP contribution in [0.4, 0.5) is 0 Å². The number of carbonyl (C=O) groups excluding carboxylic acids is 1. The van der Waals surface area contributed by atoms with Crippen LogP contribution in [-0.4, -0.2) is 39.3 Å². The Hall–Kier alpha value is -0.370. The fourth-order valence-corrected chi connectivity index (χ4v) is 2.67. The van der Waals surface area contributed by atoms with E-state index < -0.39 is 0 Å². The summed E-state index contributed by atoms with van der Waals surface area (Å²) in [5.41, 5.74) is 1.25. The molecule has 0 aromatic heterocycles. The molecule has 2 aromatic carbocycles. The Morgan fingerprint density at radius 2 is 1.08 bits per heavy atom. The molecule has 7 heteroatoms. The van der Waals surface area contributed by atoms with E-state index in [9.17, 15) is 4.79 Å². The van der Waals surface area contributed by atoms with Crippen molar-refractivity contribution in [1.82, 2.24) is 0 Å². The molecule has 0 fully saturated rings. The highest BCUT2D eigenvalue weighted by atomic mass is 79.9. The van der Waals surface area contributed by atoms with Gasteiger partial charge in [0.1, 0.15) is 24.7 Å². The van der Waals surface area contributed by atoms with Crippen molar-refractivity contribution in [3.63, 3.8) is 0 Å². The van der Waals surface area contributed by atoms with E-state index in [1.54, 1.807) is 24.3 Å². The number of hydrogen-bond acceptors (Lipinski definition) is 3. The quantitative estimate of drug-likeness (QED) is 0.244. The van der Waals surface area contributed by atoms with Crippen LogP contribution >= 0.6 is 63.7 Å². The second kappa shape index (κ2) is 11.5. The van der Waals surface area contributed by atoms with Crippen LogP contribution in [0.5, 0.6) is 11.5 Å². The fourth-order valence-electron chi connectivity index (χ4n) is 2.03. The second-order valence-electron chi connectivity index (χ2n) is 5.50. The Morgan fingerprint density at radius 3 is 1.38 bits per heavy atom. The van der Waals surface area contributed by atoms with Gasteiger partial charge in [-0.3, -0.25) is 4.79 Å². The van der Waals surface area contributed by atoms with Crippen LogP contribution in [0.15, 0.2) is 48.5 Å². The Kier molecular flexibility index (Phi) is 9.67.